The van der Waals surface area contributed by atoms with Crippen LogP contribution in [0.4, 0.5) is 10.8 Å². The van der Waals surface area contributed by atoms with E-state index in [4.69, 9.17) is 0 Å². The molecule has 2 heterocycles. The predicted octanol–water partition coefficient (Wildman–Crippen LogP) is 6.07. The van der Waals surface area contributed by atoms with Crippen LogP contribution in [0.2, 0.25) is 0 Å². The van der Waals surface area contributed by atoms with Gasteiger partial charge in [-0.2, -0.15) is 0 Å². The Morgan fingerprint density at radius 2 is 2.03 bits per heavy atom. The number of benzene rings is 2. The van der Waals surface area contributed by atoms with Gasteiger partial charge in [0.25, 0.3) is 5.91 Å². The molecule has 31 heavy (non-hydrogen) atoms. The molecule has 0 unspecified atom stereocenters. The molecule has 0 saturated carbocycles. The maximum atomic E-state index is 12.7. The van der Waals surface area contributed by atoms with E-state index >= 15 is 0 Å². The molecule has 1 atom stereocenters. The van der Waals surface area contributed by atoms with E-state index in [1.54, 1.807) is 6.07 Å². The number of carbonyl (C=O) groups excluding carboxylic acids is 2. The van der Waals surface area contributed by atoms with Crippen molar-refractivity contribution in [1.29, 1.82) is 0 Å². The van der Waals surface area contributed by atoms with Crippen LogP contribution in [0.5, 0.6) is 0 Å². The van der Waals surface area contributed by atoms with Crippen LogP contribution >= 0.6 is 27.3 Å². The molecule has 1 aliphatic rings. The molecule has 160 valence electrons. The molecule has 4 rings (SSSR count). The lowest BCUT2D eigenvalue weighted by atomic mass is 10.0. The first-order chi connectivity index (χ1) is 14.9. The van der Waals surface area contributed by atoms with E-state index in [1.807, 2.05) is 56.0 Å². The highest BCUT2D eigenvalue weighted by molar-refractivity contribution is 9.10. The molecular formula is C24H24BrN3O2S. The van der Waals surface area contributed by atoms with E-state index in [2.05, 4.69) is 32.3 Å². The lowest BCUT2D eigenvalue weighted by molar-refractivity contribution is -0.121. The van der Waals surface area contributed by atoms with Gasteiger partial charge in [0.1, 0.15) is 0 Å². The number of thiazole rings is 1. The van der Waals surface area contributed by atoms with Crippen molar-refractivity contribution < 1.29 is 9.59 Å². The highest BCUT2D eigenvalue weighted by atomic mass is 79.9. The van der Waals surface area contributed by atoms with E-state index in [0.29, 0.717) is 10.7 Å². The lowest BCUT2D eigenvalue weighted by Gasteiger charge is -2.21. The van der Waals surface area contributed by atoms with Gasteiger partial charge in [0.15, 0.2) is 5.13 Å². The minimum absolute atomic E-state index is 0.0298. The van der Waals surface area contributed by atoms with E-state index in [9.17, 15) is 9.59 Å². The van der Waals surface area contributed by atoms with Crippen molar-refractivity contribution in [3.63, 3.8) is 0 Å². The third-order valence-corrected chi connectivity index (χ3v) is 7.26. The molecule has 0 saturated heterocycles. The second kappa shape index (κ2) is 8.93. The molecule has 0 spiro atoms. The maximum absolute atomic E-state index is 12.7. The molecule has 5 nitrogen and oxygen atoms in total. The fraction of sp³-hybridized carbons (Fsp3) is 0.292. The summed E-state index contributed by atoms with van der Waals surface area (Å²) in [7, 11) is 0. The number of hydrogen-bond donors (Lipinski definition) is 1. The molecule has 0 bridgehead atoms. The number of carbonyl (C=O) groups is 2. The fourth-order valence-corrected chi connectivity index (χ4v) is 5.04. The Hall–Kier alpha value is -2.51. The SMILES string of the molecule is CC[C@H](C)C(=O)N1CCc2cc(-c3nc(NC(=O)c4ccccc4Br)sc3C)ccc21. The minimum Gasteiger partial charge on any atom is -0.312 e. The fourth-order valence-electron chi connectivity index (χ4n) is 3.75. The van der Waals surface area contributed by atoms with Crippen LogP contribution in [0.3, 0.4) is 0 Å². The monoisotopic (exact) mass is 497 g/mol. The molecule has 0 fully saturated rings. The quantitative estimate of drug-likeness (QED) is 0.465. The van der Waals surface area contributed by atoms with Crippen LogP contribution in [0.15, 0.2) is 46.9 Å². The number of aromatic nitrogens is 1. The molecule has 2 amide bonds. The Morgan fingerprint density at radius 3 is 2.77 bits per heavy atom. The number of hydrogen-bond acceptors (Lipinski definition) is 4. The zero-order valence-electron chi connectivity index (χ0n) is 17.7. The Bertz CT molecular complexity index is 1160. The average molecular weight is 498 g/mol. The van der Waals surface area contributed by atoms with E-state index in [0.717, 1.165) is 45.7 Å². The molecule has 0 radical (unpaired) electrons. The smallest absolute Gasteiger partial charge is 0.258 e. The number of rotatable bonds is 5. The van der Waals surface area contributed by atoms with Crippen LogP contribution in [-0.4, -0.2) is 23.3 Å². The number of halogens is 1. The number of fused-ring (bicyclic) bond motifs is 1. The van der Waals surface area contributed by atoms with Crippen LogP contribution < -0.4 is 10.2 Å². The van der Waals surface area contributed by atoms with E-state index < -0.39 is 0 Å². The molecule has 7 heteroatoms. The summed E-state index contributed by atoms with van der Waals surface area (Å²) < 4.78 is 0.746. The predicted molar refractivity (Wildman–Crippen MR) is 130 cm³/mol. The van der Waals surface area contributed by atoms with Crippen LogP contribution in [0.1, 0.15) is 41.1 Å². The second-order valence-corrected chi connectivity index (χ2v) is 9.81. The summed E-state index contributed by atoms with van der Waals surface area (Å²) in [5.74, 6) is 0.0269. The summed E-state index contributed by atoms with van der Waals surface area (Å²) in [6, 6.07) is 13.5. The van der Waals surface area contributed by atoms with Crippen LogP contribution in [-0.2, 0) is 11.2 Å². The van der Waals surface area contributed by atoms with Gasteiger partial charge in [-0.1, -0.05) is 32.0 Å². The van der Waals surface area contributed by atoms with E-state index in [-0.39, 0.29) is 17.7 Å². The van der Waals surface area contributed by atoms with Crippen molar-refractivity contribution in [1.82, 2.24) is 4.98 Å². The van der Waals surface area contributed by atoms with Gasteiger partial charge >= 0.3 is 0 Å². The number of nitrogens with one attached hydrogen (secondary N) is 1. The molecular weight excluding hydrogens is 474 g/mol. The van der Waals surface area contributed by atoms with Gasteiger partial charge in [0.05, 0.1) is 11.3 Å². The Labute approximate surface area is 194 Å². The van der Waals surface area contributed by atoms with Crippen molar-refractivity contribution in [2.75, 3.05) is 16.8 Å². The topological polar surface area (TPSA) is 62.3 Å². The standard InChI is InChI=1S/C24H24BrN3O2S/c1-4-14(2)23(30)28-12-11-16-13-17(9-10-20(16)28)21-15(3)31-24(26-21)27-22(29)18-7-5-6-8-19(18)25/h5-10,13-14H,4,11-12H2,1-3H3,(H,26,27,29)/t14-/m0/s1. The first-order valence-electron chi connectivity index (χ1n) is 10.4. The molecule has 3 aromatic rings. The van der Waals surface area contributed by atoms with E-state index in [1.165, 1.54) is 16.9 Å². The van der Waals surface area contributed by atoms with Crippen molar-refractivity contribution in [3.05, 3.63) is 62.9 Å². The van der Waals surface area contributed by atoms with Gasteiger partial charge < -0.3 is 4.90 Å². The van der Waals surface area contributed by atoms with Gasteiger partial charge in [-0.3, -0.25) is 14.9 Å². The highest BCUT2D eigenvalue weighted by Gasteiger charge is 2.28. The molecule has 1 N–H and O–H groups in total. The van der Waals surface area contributed by atoms with Crippen LogP contribution in [0.25, 0.3) is 11.3 Å². The van der Waals surface area contributed by atoms with Crippen molar-refractivity contribution in [3.8, 4) is 11.3 Å². The molecule has 0 aliphatic carbocycles. The molecule has 1 aliphatic heterocycles. The summed E-state index contributed by atoms with van der Waals surface area (Å²) in [6.45, 7) is 6.76. The van der Waals surface area contributed by atoms with Crippen molar-refractivity contribution >= 4 is 49.9 Å². The van der Waals surface area contributed by atoms with Gasteiger partial charge in [-0.15, -0.1) is 11.3 Å². The Balaban J connectivity index is 1.56. The Morgan fingerprint density at radius 1 is 1.26 bits per heavy atom. The summed E-state index contributed by atoms with van der Waals surface area (Å²) in [5.41, 5.74) is 4.61. The third kappa shape index (κ3) is 4.29. The molecule has 1 aromatic heterocycles. The van der Waals surface area contributed by atoms with Gasteiger partial charge in [-0.25, -0.2) is 4.98 Å². The Kier molecular flexibility index (Phi) is 6.25. The highest BCUT2D eigenvalue weighted by Crippen LogP contribution is 2.36. The second-order valence-electron chi connectivity index (χ2n) is 7.75. The summed E-state index contributed by atoms with van der Waals surface area (Å²) >= 11 is 4.88. The number of nitrogens with zero attached hydrogens (tertiary/aromatic N) is 2. The minimum atomic E-state index is -0.194. The van der Waals surface area contributed by atoms with Gasteiger partial charge in [0, 0.05) is 33.1 Å². The van der Waals surface area contributed by atoms with Gasteiger partial charge in [-0.05, 0) is 65.5 Å². The first kappa shape index (κ1) is 21.7. The largest absolute Gasteiger partial charge is 0.312 e. The first-order valence-corrected chi connectivity index (χ1v) is 12.0. The number of amides is 2. The number of aryl methyl sites for hydroxylation is 1. The van der Waals surface area contributed by atoms with Crippen LogP contribution in [0, 0.1) is 12.8 Å². The number of anilines is 2. The maximum Gasteiger partial charge on any atom is 0.258 e. The van der Waals surface area contributed by atoms with Gasteiger partial charge in [0.2, 0.25) is 5.91 Å². The average Bonchev–Trinajstić information content (AvgIpc) is 3.35. The summed E-state index contributed by atoms with van der Waals surface area (Å²) in [6.07, 6.45) is 1.69. The zero-order chi connectivity index (χ0) is 22.1. The summed E-state index contributed by atoms with van der Waals surface area (Å²) in [5, 5.41) is 3.48. The summed E-state index contributed by atoms with van der Waals surface area (Å²) in [4.78, 5) is 32.9. The lowest BCUT2D eigenvalue weighted by Crippen LogP contribution is -2.33. The normalized spacial score (nSPS) is 13.7. The van der Waals surface area contributed by atoms with Crippen molar-refractivity contribution in [2.24, 2.45) is 5.92 Å². The zero-order valence-corrected chi connectivity index (χ0v) is 20.1. The van der Waals surface area contributed by atoms with Crippen molar-refractivity contribution in [2.45, 2.75) is 33.6 Å². The molecule has 2 aromatic carbocycles. The third-order valence-electron chi connectivity index (χ3n) is 5.68.